The lowest BCUT2D eigenvalue weighted by Gasteiger charge is -2.16. The number of benzene rings is 1. The van der Waals surface area contributed by atoms with Crippen LogP contribution in [-0.2, 0) is 4.79 Å². The minimum Gasteiger partial charge on any atom is -0.496 e. The van der Waals surface area contributed by atoms with Crippen LogP contribution in [0.25, 0.3) is 0 Å². The fourth-order valence-electron chi connectivity index (χ4n) is 4.01. The van der Waals surface area contributed by atoms with E-state index in [9.17, 15) is 4.79 Å². The minimum atomic E-state index is -0.128. The van der Waals surface area contributed by atoms with Gasteiger partial charge in [-0.1, -0.05) is 76.9 Å². The van der Waals surface area contributed by atoms with Crippen molar-refractivity contribution in [1.82, 2.24) is 5.32 Å². The van der Waals surface area contributed by atoms with Crippen LogP contribution in [0.4, 0.5) is 5.69 Å². The predicted molar refractivity (Wildman–Crippen MR) is 147 cm³/mol. The van der Waals surface area contributed by atoms with Gasteiger partial charge in [-0.3, -0.25) is 4.79 Å². The molecule has 0 aliphatic heterocycles. The van der Waals surface area contributed by atoms with Gasteiger partial charge in [-0.25, -0.2) is 0 Å². The van der Waals surface area contributed by atoms with Crippen LogP contribution in [0, 0.1) is 0 Å². The molecule has 35 heavy (non-hydrogen) atoms. The highest BCUT2D eigenvalue weighted by atomic mass is 16.5. The van der Waals surface area contributed by atoms with Crippen LogP contribution in [0.1, 0.15) is 96.8 Å². The van der Waals surface area contributed by atoms with Crippen molar-refractivity contribution >= 4 is 11.6 Å². The van der Waals surface area contributed by atoms with E-state index in [1.165, 1.54) is 83.5 Å². The molecular weight excluding hydrogens is 440 g/mol. The van der Waals surface area contributed by atoms with Gasteiger partial charge in [0.15, 0.2) is 0 Å². The Hall–Kier alpha value is -2.21. The summed E-state index contributed by atoms with van der Waals surface area (Å²) < 4.78 is 16.0. The molecule has 6 nitrogen and oxygen atoms in total. The molecule has 1 rings (SSSR count). The van der Waals surface area contributed by atoms with Gasteiger partial charge in [0.2, 0.25) is 5.91 Å². The number of hydrogen-bond acceptors (Lipinski definition) is 5. The topological polar surface area (TPSA) is 68.8 Å². The Morgan fingerprint density at radius 1 is 0.743 bits per heavy atom. The van der Waals surface area contributed by atoms with Crippen molar-refractivity contribution in [2.45, 2.75) is 96.8 Å². The number of ether oxygens (including phenoxy) is 3. The number of nitrogens with one attached hydrogen (secondary N) is 2. The first-order chi connectivity index (χ1) is 17.2. The highest BCUT2D eigenvalue weighted by molar-refractivity contribution is 5.95. The summed E-state index contributed by atoms with van der Waals surface area (Å²) in [6, 6.07) is 3.44. The summed E-state index contributed by atoms with van der Waals surface area (Å²) in [5.74, 6) is 1.48. The lowest BCUT2D eigenvalue weighted by molar-refractivity contribution is -0.115. The van der Waals surface area contributed by atoms with Crippen LogP contribution in [0.2, 0.25) is 0 Å². The summed E-state index contributed by atoms with van der Waals surface area (Å²) in [4.78, 5) is 12.4. The van der Waals surface area contributed by atoms with Gasteiger partial charge in [0.25, 0.3) is 0 Å². The molecule has 0 aromatic heterocycles. The van der Waals surface area contributed by atoms with Crippen molar-refractivity contribution in [2.75, 3.05) is 39.7 Å². The second-order valence-electron chi connectivity index (χ2n) is 9.07. The normalized spacial score (nSPS) is 11.1. The summed E-state index contributed by atoms with van der Waals surface area (Å²) >= 11 is 0. The molecule has 0 radical (unpaired) electrons. The second-order valence-corrected chi connectivity index (χ2v) is 9.07. The third kappa shape index (κ3) is 14.7. The van der Waals surface area contributed by atoms with Gasteiger partial charge in [-0.2, -0.15) is 0 Å². The third-order valence-corrected chi connectivity index (χ3v) is 6.13. The monoisotopic (exact) mass is 490 g/mol. The maximum atomic E-state index is 12.4. The maximum absolute atomic E-state index is 12.4. The van der Waals surface area contributed by atoms with E-state index in [0.717, 1.165) is 13.0 Å². The van der Waals surface area contributed by atoms with Crippen LogP contribution in [0.15, 0.2) is 24.3 Å². The summed E-state index contributed by atoms with van der Waals surface area (Å²) in [5.41, 5.74) is 0.514. The molecule has 0 saturated carbocycles. The number of anilines is 1. The Labute approximate surface area is 214 Å². The lowest BCUT2D eigenvalue weighted by atomic mass is 10.1. The quantitative estimate of drug-likeness (QED) is 0.132. The first-order valence-corrected chi connectivity index (χ1v) is 13.6. The van der Waals surface area contributed by atoms with Crippen molar-refractivity contribution in [3.05, 3.63) is 24.3 Å². The first kappa shape index (κ1) is 30.8. The van der Waals surface area contributed by atoms with Crippen molar-refractivity contribution in [1.29, 1.82) is 0 Å². The molecule has 1 aromatic carbocycles. The molecular formula is C29H50N2O4. The zero-order chi connectivity index (χ0) is 25.6. The average molecular weight is 491 g/mol. The van der Waals surface area contributed by atoms with E-state index in [4.69, 9.17) is 14.2 Å². The third-order valence-electron chi connectivity index (χ3n) is 6.13. The number of rotatable bonds is 22. The van der Waals surface area contributed by atoms with E-state index in [1.807, 2.05) is 0 Å². The molecule has 0 bridgehead atoms. The summed E-state index contributed by atoms with van der Waals surface area (Å²) in [5, 5.41) is 6.10. The van der Waals surface area contributed by atoms with Crippen LogP contribution in [0.3, 0.4) is 0 Å². The molecule has 0 unspecified atom stereocenters. The maximum Gasteiger partial charge on any atom is 0.238 e. The van der Waals surface area contributed by atoms with Gasteiger partial charge in [-0.15, -0.1) is 0 Å². The number of methoxy groups -OCH3 is 3. The predicted octanol–water partition coefficient (Wildman–Crippen LogP) is 7.28. The molecule has 1 amide bonds. The molecule has 1 aromatic rings. The number of carbonyl (C=O) groups is 1. The number of amides is 1. The zero-order valence-corrected chi connectivity index (χ0v) is 22.8. The Balaban J connectivity index is 2.03. The second kappa shape index (κ2) is 21.1. The Morgan fingerprint density at radius 2 is 1.26 bits per heavy atom. The highest BCUT2D eigenvalue weighted by Gasteiger charge is 2.15. The lowest BCUT2D eigenvalue weighted by Crippen LogP contribution is -2.29. The number of carbonyl (C=O) groups excluding carboxylic acids is 1. The van der Waals surface area contributed by atoms with Crippen molar-refractivity contribution in [3.8, 4) is 17.2 Å². The van der Waals surface area contributed by atoms with Gasteiger partial charge in [0, 0.05) is 12.1 Å². The Kier molecular flexibility index (Phi) is 18.6. The molecule has 0 saturated heterocycles. The average Bonchev–Trinajstić information content (AvgIpc) is 2.87. The Bertz CT molecular complexity index is 681. The minimum absolute atomic E-state index is 0.128. The van der Waals surface area contributed by atoms with Gasteiger partial charge >= 0.3 is 0 Å². The fraction of sp³-hybridized carbons (Fsp3) is 0.690. The SMILES string of the molecule is CCCCCCCCC=CCCCCCCCCNCC(=O)Nc1c(OC)cc(OC)cc1OC. The van der Waals surface area contributed by atoms with Gasteiger partial charge in [0.05, 0.1) is 27.9 Å². The smallest absolute Gasteiger partial charge is 0.238 e. The van der Waals surface area contributed by atoms with E-state index in [-0.39, 0.29) is 12.5 Å². The van der Waals surface area contributed by atoms with Crippen LogP contribution in [0.5, 0.6) is 17.2 Å². The molecule has 200 valence electrons. The van der Waals surface area contributed by atoms with Crippen LogP contribution >= 0.6 is 0 Å². The summed E-state index contributed by atoms with van der Waals surface area (Å²) in [6.07, 6.45) is 22.9. The van der Waals surface area contributed by atoms with Crippen molar-refractivity contribution < 1.29 is 19.0 Å². The molecule has 0 spiro atoms. The highest BCUT2D eigenvalue weighted by Crippen LogP contribution is 2.38. The van der Waals surface area contributed by atoms with Gasteiger partial charge in [-0.05, 0) is 38.6 Å². The molecule has 0 heterocycles. The fourth-order valence-corrected chi connectivity index (χ4v) is 4.01. The molecule has 0 atom stereocenters. The molecule has 0 aliphatic carbocycles. The number of hydrogen-bond donors (Lipinski definition) is 2. The molecule has 0 fully saturated rings. The van der Waals surface area contributed by atoms with Gasteiger partial charge < -0.3 is 24.8 Å². The van der Waals surface area contributed by atoms with Crippen LogP contribution in [-0.4, -0.2) is 40.3 Å². The molecule has 0 aliphatic rings. The number of allylic oxidation sites excluding steroid dienone is 2. The van der Waals surface area contributed by atoms with E-state index in [0.29, 0.717) is 22.9 Å². The van der Waals surface area contributed by atoms with E-state index in [2.05, 4.69) is 29.7 Å². The van der Waals surface area contributed by atoms with Gasteiger partial charge in [0.1, 0.15) is 22.9 Å². The standard InChI is InChI=1S/C29H50N2O4/c1-5-6-7-8-9-10-11-12-13-14-15-16-17-18-19-20-21-30-24-28(32)31-29-26(34-3)22-25(33-2)23-27(29)35-4/h12-13,22-23,30H,5-11,14-21,24H2,1-4H3,(H,31,32). The van der Waals surface area contributed by atoms with E-state index >= 15 is 0 Å². The zero-order valence-electron chi connectivity index (χ0n) is 22.8. The molecule has 6 heteroatoms. The summed E-state index contributed by atoms with van der Waals surface area (Å²) in [7, 11) is 4.68. The number of unbranched alkanes of at least 4 members (excludes halogenated alkanes) is 12. The first-order valence-electron chi connectivity index (χ1n) is 13.6. The van der Waals surface area contributed by atoms with Crippen molar-refractivity contribution in [2.24, 2.45) is 0 Å². The largest absolute Gasteiger partial charge is 0.496 e. The van der Waals surface area contributed by atoms with Crippen LogP contribution < -0.4 is 24.8 Å². The van der Waals surface area contributed by atoms with E-state index < -0.39 is 0 Å². The Morgan fingerprint density at radius 3 is 1.77 bits per heavy atom. The summed E-state index contributed by atoms with van der Waals surface area (Å²) in [6.45, 7) is 3.36. The van der Waals surface area contributed by atoms with E-state index in [1.54, 1.807) is 33.5 Å². The molecule has 2 N–H and O–H groups in total. The van der Waals surface area contributed by atoms with Crippen molar-refractivity contribution in [3.63, 3.8) is 0 Å².